The number of rotatable bonds is 9. The van der Waals surface area contributed by atoms with Gasteiger partial charge < -0.3 is 14.6 Å². The van der Waals surface area contributed by atoms with Gasteiger partial charge in [0.2, 0.25) is 11.7 Å². The lowest BCUT2D eigenvalue weighted by Crippen LogP contribution is -2.42. The molecule has 1 N–H and O–H groups in total. The van der Waals surface area contributed by atoms with Crippen LogP contribution in [-0.4, -0.2) is 63.5 Å². The molecule has 2 unspecified atom stereocenters. The minimum atomic E-state index is -1.16. The second kappa shape index (κ2) is 9.95. The van der Waals surface area contributed by atoms with Gasteiger partial charge in [-0.15, -0.1) is 0 Å². The van der Waals surface area contributed by atoms with Crippen LogP contribution in [-0.2, 0) is 28.7 Å². The lowest BCUT2D eigenvalue weighted by molar-refractivity contribution is -0.160. The molecule has 0 aromatic heterocycles. The standard InChI is InChI=1S/C23H35NO7S/c1-13(12-22(2,3)4)10-17(26)24-14(8-9-32-7)19(27)18(20(24)28)15(25)11-16-21(29)31-23(5,6)30-16/h13-14,16,27H,8-12H2,1-7H3/t13?,14?,16-/m0/s1. The van der Waals surface area contributed by atoms with E-state index in [1.807, 2.05) is 13.2 Å². The van der Waals surface area contributed by atoms with Crippen LogP contribution in [0.1, 0.15) is 67.2 Å². The van der Waals surface area contributed by atoms with Gasteiger partial charge in [-0.2, -0.15) is 11.8 Å². The van der Waals surface area contributed by atoms with Crippen molar-refractivity contribution in [1.82, 2.24) is 4.90 Å². The van der Waals surface area contributed by atoms with E-state index >= 15 is 0 Å². The topological polar surface area (TPSA) is 110 Å². The molecule has 0 radical (unpaired) electrons. The molecule has 1 fully saturated rings. The van der Waals surface area contributed by atoms with E-state index in [2.05, 4.69) is 20.8 Å². The summed E-state index contributed by atoms with van der Waals surface area (Å²) in [4.78, 5) is 52.1. The number of imide groups is 1. The molecule has 0 aromatic carbocycles. The number of carbonyl (C=O) groups excluding carboxylic acids is 4. The van der Waals surface area contributed by atoms with Crippen molar-refractivity contribution >= 4 is 35.3 Å². The zero-order chi connectivity index (χ0) is 24.4. The van der Waals surface area contributed by atoms with Gasteiger partial charge in [0, 0.05) is 26.7 Å². The molecular formula is C23H35NO7S. The molecule has 2 aliphatic heterocycles. The Morgan fingerprint density at radius 3 is 2.38 bits per heavy atom. The molecule has 0 spiro atoms. The average molecular weight is 470 g/mol. The zero-order valence-electron chi connectivity index (χ0n) is 20.0. The third-order valence-corrected chi connectivity index (χ3v) is 5.99. The number of ketones is 1. The summed E-state index contributed by atoms with van der Waals surface area (Å²) < 4.78 is 10.5. The molecular weight excluding hydrogens is 434 g/mol. The van der Waals surface area contributed by atoms with E-state index in [4.69, 9.17) is 9.47 Å². The number of Topliss-reactive ketones (excluding diaryl/α,β-unsaturated/α-hetero) is 1. The Labute approximate surface area is 194 Å². The van der Waals surface area contributed by atoms with Crippen LogP contribution in [0.2, 0.25) is 0 Å². The van der Waals surface area contributed by atoms with E-state index < -0.39 is 59.3 Å². The number of amides is 2. The number of esters is 1. The molecule has 0 bridgehead atoms. The van der Waals surface area contributed by atoms with Crippen LogP contribution in [0.15, 0.2) is 11.3 Å². The minimum Gasteiger partial charge on any atom is -0.509 e. The highest BCUT2D eigenvalue weighted by molar-refractivity contribution is 7.98. The van der Waals surface area contributed by atoms with E-state index in [0.29, 0.717) is 12.2 Å². The van der Waals surface area contributed by atoms with Gasteiger partial charge in [0.05, 0.1) is 6.04 Å². The SMILES string of the molecule is CSCCC1C(O)=C(C(=O)C[C@@H]2OC(C)(C)OC2=O)C(=O)N1C(=O)CC(C)CC(C)(C)C. The number of aliphatic hydroxyl groups is 1. The Morgan fingerprint density at radius 1 is 1.25 bits per heavy atom. The second-order valence-electron chi connectivity index (χ2n) is 10.3. The van der Waals surface area contributed by atoms with Crippen molar-refractivity contribution in [1.29, 1.82) is 0 Å². The summed E-state index contributed by atoms with van der Waals surface area (Å²) in [6, 6.07) is -0.879. The summed E-state index contributed by atoms with van der Waals surface area (Å²) in [6.45, 7) is 11.3. The van der Waals surface area contributed by atoms with E-state index in [0.717, 1.165) is 11.3 Å². The largest absolute Gasteiger partial charge is 0.509 e. The molecule has 0 aliphatic carbocycles. The van der Waals surface area contributed by atoms with Gasteiger partial charge in [0.1, 0.15) is 11.3 Å². The Bertz CT molecular complexity index is 812. The number of hydrogen-bond acceptors (Lipinski definition) is 8. The molecule has 2 heterocycles. The molecule has 0 aromatic rings. The zero-order valence-corrected chi connectivity index (χ0v) is 20.8. The molecule has 3 atom stereocenters. The highest BCUT2D eigenvalue weighted by atomic mass is 32.2. The first-order chi connectivity index (χ1) is 14.7. The lowest BCUT2D eigenvalue weighted by atomic mass is 9.84. The monoisotopic (exact) mass is 469 g/mol. The van der Waals surface area contributed by atoms with E-state index in [1.54, 1.807) is 13.8 Å². The van der Waals surface area contributed by atoms with E-state index in [-0.39, 0.29) is 17.8 Å². The highest BCUT2D eigenvalue weighted by Gasteiger charge is 2.48. The molecule has 8 nitrogen and oxygen atoms in total. The predicted molar refractivity (Wildman–Crippen MR) is 121 cm³/mol. The normalized spacial score (nSPS) is 24.2. The second-order valence-corrected chi connectivity index (χ2v) is 11.2. The lowest BCUT2D eigenvalue weighted by Gasteiger charge is -2.27. The van der Waals surface area contributed by atoms with Gasteiger partial charge in [-0.3, -0.25) is 19.3 Å². The van der Waals surface area contributed by atoms with Gasteiger partial charge in [0.25, 0.3) is 5.91 Å². The predicted octanol–water partition coefficient (Wildman–Crippen LogP) is 3.39. The van der Waals surface area contributed by atoms with Gasteiger partial charge in [0.15, 0.2) is 11.9 Å². The van der Waals surface area contributed by atoms with Crippen molar-refractivity contribution in [2.45, 2.75) is 85.2 Å². The third-order valence-electron chi connectivity index (χ3n) is 5.35. The Hall–Kier alpha value is -1.87. The van der Waals surface area contributed by atoms with Crippen LogP contribution in [0.4, 0.5) is 0 Å². The molecule has 2 aliphatic rings. The fourth-order valence-corrected chi connectivity index (χ4v) is 4.80. The summed E-state index contributed by atoms with van der Waals surface area (Å²) in [5.74, 6) is -3.60. The first-order valence-corrected chi connectivity index (χ1v) is 12.3. The molecule has 2 amide bonds. The van der Waals surface area contributed by atoms with Gasteiger partial charge >= 0.3 is 5.97 Å². The van der Waals surface area contributed by atoms with Crippen molar-refractivity contribution in [3.8, 4) is 0 Å². The van der Waals surface area contributed by atoms with Crippen molar-refractivity contribution < 1.29 is 33.8 Å². The maximum absolute atomic E-state index is 13.1. The van der Waals surface area contributed by atoms with Crippen molar-refractivity contribution in [3.05, 3.63) is 11.3 Å². The summed E-state index contributed by atoms with van der Waals surface area (Å²) in [5.41, 5.74) is -0.410. The molecule has 0 saturated carbocycles. The number of aliphatic hydroxyl groups excluding tert-OH is 1. The maximum Gasteiger partial charge on any atom is 0.338 e. The van der Waals surface area contributed by atoms with Crippen molar-refractivity contribution in [2.24, 2.45) is 11.3 Å². The fraction of sp³-hybridized carbons (Fsp3) is 0.739. The third kappa shape index (κ3) is 6.34. The summed E-state index contributed by atoms with van der Waals surface area (Å²) >= 11 is 1.51. The number of cyclic esters (lactones) is 1. The fourth-order valence-electron chi connectivity index (χ4n) is 4.34. The number of hydrogen-bond donors (Lipinski definition) is 1. The maximum atomic E-state index is 13.1. The molecule has 32 heavy (non-hydrogen) atoms. The van der Waals surface area contributed by atoms with Crippen LogP contribution in [0.5, 0.6) is 0 Å². The first-order valence-electron chi connectivity index (χ1n) is 10.9. The summed E-state index contributed by atoms with van der Waals surface area (Å²) in [5, 5.41) is 10.8. The van der Waals surface area contributed by atoms with E-state index in [9.17, 15) is 24.3 Å². The van der Waals surface area contributed by atoms with E-state index in [1.165, 1.54) is 11.8 Å². The van der Waals surface area contributed by atoms with Crippen LogP contribution in [0.3, 0.4) is 0 Å². The highest BCUT2D eigenvalue weighted by Crippen LogP contribution is 2.33. The van der Waals surface area contributed by atoms with Crippen molar-refractivity contribution in [2.75, 3.05) is 12.0 Å². The number of carbonyl (C=O) groups is 4. The van der Waals surface area contributed by atoms with Crippen LogP contribution >= 0.6 is 11.8 Å². The molecule has 180 valence electrons. The van der Waals surface area contributed by atoms with Gasteiger partial charge in [-0.1, -0.05) is 27.7 Å². The van der Waals surface area contributed by atoms with Crippen LogP contribution in [0, 0.1) is 11.3 Å². The first kappa shape index (κ1) is 26.4. The number of nitrogens with zero attached hydrogens (tertiary/aromatic N) is 1. The van der Waals surface area contributed by atoms with Crippen LogP contribution < -0.4 is 0 Å². The number of ether oxygens (including phenoxy) is 2. The average Bonchev–Trinajstić information content (AvgIpc) is 3.01. The summed E-state index contributed by atoms with van der Waals surface area (Å²) in [6.07, 6.45) is 1.55. The van der Waals surface area contributed by atoms with Gasteiger partial charge in [-0.05, 0) is 36.2 Å². The minimum absolute atomic E-state index is 0.0259. The molecule has 1 saturated heterocycles. The van der Waals surface area contributed by atoms with Crippen LogP contribution in [0.25, 0.3) is 0 Å². The smallest absolute Gasteiger partial charge is 0.338 e. The Kier molecular flexibility index (Phi) is 8.20. The molecule has 2 rings (SSSR count). The van der Waals surface area contributed by atoms with Gasteiger partial charge in [-0.25, -0.2) is 4.79 Å². The Morgan fingerprint density at radius 2 is 1.88 bits per heavy atom. The number of thioether (sulfide) groups is 1. The van der Waals surface area contributed by atoms with Crippen molar-refractivity contribution in [3.63, 3.8) is 0 Å². The molecule has 9 heteroatoms. The quantitative estimate of drug-likeness (QED) is 0.404. The Balaban J connectivity index is 2.21. The summed E-state index contributed by atoms with van der Waals surface area (Å²) in [7, 11) is 0.